The zero-order valence-corrected chi connectivity index (χ0v) is 13.5. The normalized spacial score (nSPS) is 20.2. The minimum absolute atomic E-state index is 0.128. The van der Waals surface area contributed by atoms with Crippen LogP contribution in [0.4, 0.5) is 18.9 Å². The van der Waals surface area contributed by atoms with Crippen molar-refractivity contribution in [3.05, 3.63) is 59.7 Å². The van der Waals surface area contributed by atoms with Gasteiger partial charge in [-0.15, -0.1) is 13.2 Å². The van der Waals surface area contributed by atoms with E-state index in [0.717, 1.165) is 11.3 Å². The van der Waals surface area contributed by atoms with Crippen molar-refractivity contribution in [1.29, 1.82) is 0 Å². The molecule has 4 nitrogen and oxygen atoms in total. The van der Waals surface area contributed by atoms with Gasteiger partial charge in [0.2, 0.25) is 0 Å². The number of nitrogens with two attached hydrogens (primary N) is 1. The highest BCUT2D eigenvalue weighted by atomic mass is 19.4. The van der Waals surface area contributed by atoms with Crippen LogP contribution in [-0.4, -0.2) is 18.4 Å². The van der Waals surface area contributed by atoms with E-state index >= 15 is 0 Å². The van der Waals surface area contributed by atoms with Gasteiger partial charge < -0.3 is 15.8 Å². The Labute approximate surface area is 143 Å². The summed E-state index contributed by atoms with van der Waals surface area (Å²) < 4.78 is 41.6. The van der Waals surface area contributed by atoms with Gasteiger partial charge in [0.05, 0.1) is 6.04 Å². The largest absolute Gasteiger partial charge is 0.573 e. The van der Waals surface area contributed by atoms with Crippen LogP contribution in [0.2, 0.25) is 0 Å². The van der Waals surface area contributed by atoms with Crippen LogP contribution in [0.1, 0.15) is 23.5 Å². The Morgan fingerprint density at radius 1 is 1.16 bits per heavy atom. The quantitative estimate of drug-likeness (QED) is 0.643. The number of anilines is 1. The molecule has 2 atom stereocenters. The third-order valence-corrected chi connectivity index (χ3v) is 3.93. The number of hydrogen-bond donors (Lipinski definition) is 2. The summed E-state index contributed by atoms with van der Waals surface area (Å²) in [7, 11) is 0. The minimum Gasteiger partial charge on any atom is -0.405 e. The molecule has 132 valence electrons. The molecule has 0 bridgehead atoms. The second-order valence-electron chi connectivity index (χ2n) is 6.00. The number of nitrogens with zero attached hydrogens (tertiary/aromatic N) is 1. The molecular formula is C18H18F3N3O. The summed E-state index contributed by atoms with van der Waals surface area (Å²) in [6, 6.07) is 13.6. The summed E-state index contributed by atoms with van der Waals surface area (Å²) in [5, 5.41) is 2.98. The molecule has 0 aliphatic heterocycles. The number of nitrogens with one attached hydrogen (secondary N) is 1. The van der Waals surface area contributed by atoms with Gasteiger partial charge in [-0.2, -0.15) is 0 Å². The minimum atomic E-state index is -4.71. The van der Waals surface area contributed by atoms with Crippen molar-refractivity contribution in [2.45, 2.75) is 31.7 Å². The van der Waals surface area contributed by atoms with E-state index in [-0.39, 0.29) is 23.7 Å². The van der Waals surface area contributed by atoms with Gasteiger partial charge in [-0.1, -0.05) is 35.9 Å². The Hall–Kier alpha value is -2.70. The Balaban J connectivity index is 1.67. The molecule has 1 aliphatic carbocycles. The molecular weight excluding hydrogens is 331 g/mol. The lowest BCUT2D eigenvalue weighted by Crippen LogP contribution is -2.23. The van der Waals surface area contributed by atoms with Crippen LogP contribution in [0.3, 0.4) is 0 Å². The van der Waals surface area contributed by atoms with Crippen molar-refractivity contribution in [2.75, 3.05) is 5.32 Å². The van der Waals surface area contributed by atoms with Crippen LogP contribution in [0.15, 0.2) is 53.5 Å². The van der Waals surface area contributed by atoms with Gasteiger partial charge in [0.25, 0.3) is 0 Å². The first-order valence-electron chi connectivity index (χ1n) is 7.83. The van der Waals surface area contributed by atoms with Crippen LogP contribution in [0.25, 0.3) is 0 Å². The van der Waals surface area contributed by atoms with Crippen molar-refractivity contribution >= 4 is 11.6 Å². The van der Waals surface area contributed by atoms with E-state index < -0.39 is 6.36 Å². The third-order valence-electron chi connectivity index (χ3n) is 3.93. The second-order valence-corrected chi connectivity index (χ2v) is 6.00. The van der Waals surface area contributed by atoms with Crippen LogP contribution < -0.4 is 15.8 Å². The number of hydrogen-bond acceptors (Lipinski definition) is 2. The third kappa shape index (κ3) is 4.65. The maximum atomic E-state index is 12.5. The van der Waals surface area contributed by atoms with Gasteiger partial charge in [-0.3, -0.25) is 0 Å². The molecule has 1 fully saturated rings. The molecule has 3 N–H and O–H groups in total. The number of guanidine groups is 1. The van der Waals surface area contributed by atoms with E-state index in [0.29, 0.717) is 12.0 Å². The smallest absolute Gasteiger partial charge is 0.405 e. The average molecular weight is 349 g/mol. The fraction of sp³-hybridized carbons (Fsp3) is 0.278. The predicted octanol–water partition coefficient (Wildman–Crippen LogP) is 4.18. The first-order valence-corrected chi connectivity index (χ1v) is 7.83. The maximum Gasteiger partial charge on any atom is 0.573 e. The van der Waals surface area contributed by atoms with Gasteiger partial charge >= 0.3 is 6.36 Å². The fourth-order valence-corrected chi connectivity index (χ4v) is 2.66. The summed E-state index contributed by atoms with van der Waals surface area (Å²) in [5.41, 5.74) is 8.33. The summed E-state index contributed by atoms with van der Waals surface area (Å²) in [4.78, 5) is 4.35. The molecule has 25 heavy (non-hydrogen) atoms. The Morgan fingerprint density at radius 2 is 1.84 bits per heavy atom. The summed E-state index contributed by atoms with van der Waals surface area (Å²) in [6.45, 7) is 1.98. The highest BCUT2D eigenvalue weighted by Gasteiger charge is 2.42. The SMILES string of the molecule is Cc1ccc(NC(N)=NC2CC2c2ccccc2OC(F)(F)F)cc1. The van der Waals surface area contributed by atoms with Crippen molar-refractivity contribution in [3.63, 3.8) is 0 Å². The number of rotatable bonds is 4. The predicted molar refractivity (Wildman–Crippen MR) is 90.7 cm³/mol. The molecule has 0 saturated heterocycles. The molecule has 7 heteroatoms. The van der Waals surface area contributed by atoms with Crippen LogP contribution in [-0.2, 0) is 0 Å². The molecule has 2 aromatic carbocycles. The molecule has 0 amide bonds. The van der Waals surface area contributed by atoms with Gasteiger partial charge in [0, 0.05) is 11.6 Å². The van der Waals surface area contributed by atoms with E-state index in [2.05, 4.69) is 15.0 Å². The molecule has 0 aromatic heterocycles. The Morgan fingerprint density at radius 3 is 2.52 bits per heavy atom. The van der Waals surface area contributed by atoms with Crippen LogP contribution in [0, 0.1) is 6.92 Å². The lowest BCUT2D eigenvalue weighted by Gasteiger charge is -2.12. The van der Waals surface area contributed by atoms with Crippen molar-refractivity contribution in [2.24, 2.45) is 10.7 Å². The zero-order valence-electron chi connectivity index (χ0n) is 13.5. The van der Waals surface area contributed by atoms with Crippen molar-refractivity contribution in [1.82, 2.24) is 0 Å². The first-order chi connectivity index (χ1) is 11.8. The molecule has 2 unspecified atom stereocenters. The lowest BCUT2D eigenvalue weighted by molar-refractivity contribution is -0.274. The van der Waals surface area contributed by atoms with Gasteiger partial charge in [-0.05, 0) is 37.1 Å². The topological polar surface area (TPSA) is 59.6 Å². The Kier molecular flexibility index (Phi) is 4.57. The van der Waals surface area contributed by atoms with Crippen LogP contribution >= 0.6 is 0 Å². The van der Waals surface area contributed by atoms with Gasteiger partial charge in [0.15, 0.2) is 5.96 Å². The number of halogens is 3. The molecule has 3 rings (SSSR count). The van der Waals surface area contributed by atoms with Gasteiger partial charge in [0.1, 0.15) is 5.75 Å². The molecule has 1 saturated carbocycles. The number of benzene rings is 2. The molecule has 0 radical (unpaired) electrons. The standard InChI is InChI=1S/C18H18F3N3O/c1-11-6-8-12(9-7-11)23-17(22)24-15-10-14(15)13-4-2-3-5-16(13)25-18(19,20)21/h2-9,14-15H,10H2,1H3,(H3,22,23,24). The van der Waals surface area contributed by atoms with E-state index in [1.807, 2.05) is 31.2 Å². The first kappa shape index (κ1) is 17.1. The molecule has 1 aliphatic rings. The number of aryl methyl sites for hydroxylation is 1. The number of ether oxygens (including phenoxy) is 1. The van der Waals surface area contributed by atoms with E-state index in [1.165, 1.54) is 12.1 Å². The zero-order chi connectivity index (χ0) is 18.0. The lowest BCUT2D eigenvalue weighted by atomic mass is 10.1. The maximum absolute atomic E-state index is 12.5. The van der Waals surface area contributed by atoms with Crippen LogP contribution in [0.5, 0.6) is 5.75 Å². The highest BCUT2D eigenvalue weighted by Crippen LogP contribution is 2.47. The summed E-state index contributed by atoms with van der Waals surface area (Å²) in [6.07, 6.45) is -4.08. The van der Waals surface area contributed by atoms with E-state index in [9.17, 15) is 13.2 Å². The second kappa shape index (κ2) is 6.66. The van der Waals surface area contributed by atoms with Crippen molar-refractivity contribution < 1.29 is 17.9 Å². The Bertz CT molecular complexity index is 772. The van der Waals surface area contributed by atoms with Crippen molar-refractivity contribution in [3.8, 4) is 5.75 Å². The van der Waals surface area contributed by atoms with E-state index in [1.54, 1.807) is 12.1 Å². The monoisotopic (exact) mass is 349 g/mol. The van der Waals surface area contributed by atoms with Gasteiger partial charge in [-0.25, -0.2) is 4.99 Å². The summed E-state index contributed by atoms with van der Waals surface area (Å²) in [5.74, 6) is -0.0646. The number of alkyl halides is 3. The molecule has 0 heterocycles. The summed E-state index contributed by atoms with van der Waals surface area (Å²) >= 11 is 0. The number of aliphatic imine (C=N–C) groups is 1. The highest BCUT2D eigenvalue weighted by molar-refractivity contribution is 5.92. The van der Waals surface area contributed by atoms with E-state index in [4.69, 9.17) is 5.73 Å². The molecule has 2 aromatic rings. The molecule has 0 spiro atoms. The fourth-order valence-electron chi connectivity index (χ4n) is 2.66. The average Bonchev–Trinajstić information content (AvgIpc) is 3.27. The number of para-hydroxylation sites is 1.